The van der Waals surface area contributed by atoms with Crippen LogP contribution in [0.15, 0.2) is 11.6 Å². The number of carbonyl (C=O) groups is 4. The van der Waals surface area contributed by atoms with Gasteiger partial charge in [0.15, 0.2) is 24.8 Å². The molecule has 0 aromatic rings. The van der Waals surface area contributed by atoms with Crippen molar-refractivity contribution in [2.24, 2.45) is 50.2 Å². The molecule has 4 saturated carbocycles. The summed E-state index contributed by atoms with van der Waals surface area (Å²) in [4.78, 5) is 50.9. The Morgan fingerprint density at radius 3 is 2.00 bits per heavy atom. The van der Waals surface area contributed by atoms with Crippen LogP contribution in [0, 0.1) is 50.2 Å². The van der Waals surface area contributed by atoms with E-state index < -0.39 is 95.7 Å². The van der Waals surface area contributed by atoms with E-state index in [1.807, 2.05) is 20.8 Å². The van der Waals surface area contributed by atoms with E-state index in [2.05, 4.69) is 26.8 Å². The maximum Gasteiger partial charge on any atom is 0.335 e. The molecule has 3 saturated heterocycles. The van der Waals surface area contributed by atoms with Gasteiger partial charge in [-0.15, -0.1) is 0 Å². The van der Waals surface area contributed by atoms with Crippen LogP contribution in [-0.4, -0.2) is 134 Å². The minimum absolute atomic E-state index is 0.0423. The molecular weight excluding hydrogens is 760 g/mol. The number of esters is 1. The van der Waals surface area contributed by atoms with Gasteiger partial charge in [-0.05, 0) is 92.3 Å². The SMILES string of the molecule is CC12C=C3C4CCC5C6(C=O)CCC(O[C@@H]7O[C@H](C(=O)O)[C@@H](O)[C@H](O)[C@H]7O[C@@H]7O[C@H](C(=O)O)[C@@H](O)[C@H](O)[C@H]7O)C(C)(C)C6CCC5(C)C4(C)CCC3(C)C(C1)OC2=O. The Morgan fingerprint density at radius 2 is 1.36 bits per heavy atom. The summed E-state index contributed by atoms with van der Waals surface area (Å²) < 4.78 is 29.4. The number of aliphatic hydroxyl groups is 5. The molecule has 10 unspecified atom stereocenters. The number of hydrogen-bond donors (Lipinski definition) is 7. The van der Waals surface area contributed by atoms with Crippen LogP contribution in [0.25, 0.3) is 0 Å². The summed E-state index contributed by atoms with van der Waals surface area (Å²) >= 11 is 0. The van der Waals surface area contributed by atoms with Crippen molar-refractivity contribution in [3.05, 3.63) is 11.6 Å². The predicted octanol–water partition coefficient (Wildman–Crippen LogP) is 1.70. The average Bonchev–Trinajstić information content (AvgIpc) is 3.43. The Balaban J connectivity index is 1.07. The first-order valence-electron chi connectivity index (χ1n) is 20.9. The number of rotatable bonds is 7. The van der Waals surface area contributed by atoms with Gasteiger partial charge in [0.2, 0.25) is 0 Å². The van der Waals surface area contributed by atoms with E-state index in [-0.39, 0.29) is 46.1 Å². The second kappa shape index (κ2) is 13.7. The number of carboxylic acid groups (broad SMARTS) is 2. The Labute approximate surface area is 337 Å². The fourth-order valence-corrected chi connectivity index (χ4v) is 13.9. The molecule has 0 spiro atoms. The van der Waals surface area contributed by atoms with Crippen LogP contribution in [0.5, 0.6) is 0 Å². The number of ether oxygens (including phenoxy) is 5. The van der Waals surface area contributed by atoms with Crippen molar-refractivity contribution in [1.82, 2.24) is 0 Å². The molecule has 324 valence electrons. The lowest BCUT2D eigenvalue weighted by atomic mass is 9.32. The molecule has 16 nitrogen and oxygen atoms in total. The normalized spacial score (nSPS) is 54.4. The molecule has 0 amide bonds. The molecule has 2 bridgehead atoms. The van der Waals surface area contributed by atoms with E-state index in [0.29, 0.717) is 25.7 Å². The fourth-order valence-electron chi connectivity index (χ4n) is 13.9. The monoisotopic (exact) mass is 820 g/mol. The minimum Gasteiger partial charge on any atom is -0.479 e. The molecule has 7 fully saturated rings. The van der Waals surface area contributed by atoms with Gasteiger partial charge in [0.1, 0.15) is 49.0 Å². The summed E-state index contributed by atoms with van der Waals surface area (Å²) in [7, 11) is 0. The quantitative estimate of drug-likeness (QED) is 0.0835. The molecule has 20 atom stereocenters. The summed E-state index contributed by atoms with van der Waals surface area (Å²) in [6, 6.07) is 0. The number of aliphatic carboxylic acids is 2. The van der Waals surface area contributed by atoms with E-state index in [1.54, 1.807) is 0 Å². The largest absolute Gasteiger partial charge is 0.479 e. The zero-order chi connectivity index (χ0) is 42.3. The summed E-state index contributed by atoms with van der Waals surface area (Å²) in [5, 5.41) is 72.8. The molecule has 58 heavy (non-hydrogen) atoms. The first kappa shape index (κ1) is 42.2. The van der Waals surface area contributed by atoms with Crippen LogP contribution < -0.4 is 0 Å². The third-order valence-electron chi connectivity index (χ3n) is 17.5. The Hall–Kier alpha value is -2.54. The first-order chi connectivity index (χ1) is 27.0. The zero-order valence-electron chi connectivity index (χ0n) is 34.0. The fraction of sp³-hybridized carbons (Fsp3) is 0.857. The van der Waals surface area contributed by atoms with Crippen molar-refractivity contribution >= 4 is 24.2 Å². The van der Waals surface area contributed by atoms with Crippen molar-refractivity contribution < 1.29 is 78.6 Å². The highest BCUT2D eigenvalue weighted by atomic mass is 16.8. The second-order valence-corrected chi connectivity index (χ2v) is 20.4. The first-order valence-corrected chi connectivity index (χ1v) is 20.9. The van der Waals surface area contributed by atoms with Crippen molar-refractivity contribution in [3.63, 3.8) is 0 Å². The molecule has 0 aromatic heterocycles. The molecular formula is C42H60O16. The predicted molar refractivity (Wildman–Crippen MR) is 197 cm³/mol. The van der Waals surface area contributed by atoms with Gasteiger partial charge in [-0.25, -0.2) is 9.59 Å². The number of hydrogen-bond acceptors (Lipinski definition) is 14. The highest BCUT2D eigenvalue weighted by Gasteiger charge is 2.72. The molecule has 3 heterocycles. The van der Waals surface area contributed by atoms with Crippen molar-refractivity contribution in [2.75, 3.05) is 0 Å². The van der Waals surface area contributed by atoms with Crippen LogP contribution >= 0.6 is 0 Å². The van der Waals surface area contributed by atoms with Crippen LogP contribution in [-0.2, 0) is 42.9 Å². The maximum absolute atomic E-state index is 13.8. The van der Waals surface area contributed by atoms with Gasteiger partial charge in [-0.1, -0.05) is 46.3 Å². The van der Waals surface area contributed by atoms with Crippen molar-refractivity contribution in [1.29, 1.82) is 0 Å². The number of aldehydes is 1. The highest BCUT2D eigenvalue weighted by Crippen LogP contribution is 2.76. The number of fused-ring (bicyclic) bond motifs is 10. The molecule has 7 N–H and O–H groups in total. The average molecular weight is 821 g/mol. The Bertz CT molecular complexity index is 1750. The van der Waals surface area contributed by atoms with E-state index in [9.17, 15) is 54.9 Å². The summed E-state index contributed by atoms with van der Waals surface area (Å²) in [5.41, 5.74) is -1.31. The Kier molecular flexibility index (Phi) is 9.98. The second-order valence-electron chi connectivity index (χ2n) is 20.4. The molecule has 16 heteroatoms. The number of carboxylic acids is 2. The van der Waals surface area contributed by atoms with E-state index >= 15 is 0 Å². The van der Waals surface area contributed by atoms with Crippen molar-refractivity contribution in [2.45, 2.75) is 173 Å². The standard InChI is InChI=1S/C42H60O16/c1-37(2)20-9-11-41(6)21(8-7-18-19-15-38(3)16-23(55-36(38)53)39(19,4)13-14-40(18,41)5)42(20,17-43)12-10-22(37)54-35-31(27(47)26(46)30(57-35)33(51)52)58-34-28(48)24(44)25(45)29(56-34)32(49)50/h15,17-18,20-31,34-35,44-48H,7-14,16H2,1-6H3,(H,49,50)(H,51,52)/t18?,20?,21?,22?,23?,24-,25-,26-,27-,28+,29-,30-,31+,34-,35+,38?,39?,40?,41?,42?/m0/s1. The number of aliphatic hydroxyl groups excluding tert-OH is 5. The summed E-state index contributed by atoms with van der Waals surface area (Å²) in [6.45, 7) is 13.0. The van der Waals surface area contributed by atoms with Crippen LogP contribution in [0.3, 0.4) is 0 Å². The third-order valence-corrected chi connectivity index (χ3v) is 17.5. The van der Waals surface area contributed by atoms with Gasteiger partial charge in [0.05, 0.1) is 11.5 Å². The summed E-state index contributed by atoms with van der Waals surface area (Å²) in [5.74, 6) is -3.30. The maximum atomic E-state index is 13.8. The van der Waals surface area contributed by atoms with Gasteiger partial charge < -0.3 is 64.2 Å². The summed E-state index contributed by atoms with van der Waals surface area (Å²) in [6.07, 6.45) is -10.4. The van der Waals surface area contributed by atoms with E-state index in [1.165, 1.54) is 11.9 Å². The van der Waals surface area contributed by atoms with E-state index in [4.69, 9.17) is 23.7 Å². The third kappa shape index (κ3) is 5.64. The highest BCUT2D eigenvalue weighted by molar-refractivity contribution is 5.82. The van der Waals surface area contributed by atoms with E-state index in [0.717, 1.165) is 32.1 Å². The van der Waals surface area contributed by atoms with Gasteiger partial charge in [-0.3, -0.25) is 4.79 Å². The molecule has 8 aliphatic rings. The molecule has 5 aliphatic carbocycles. The topological polar surface area (TPSA) is 256 Å². The Morgan fingerprint density at radius 1 is 0.724 bits per heavy atom. The minimum atomic E-state index is -2.04. The molecule has 3 aliphatic heterocycles. The van der Waals surface area contributed by atoms with Gasteiger partial charge in [0.25, 0.3) is 0 Å². The van der Waals surface area contributed by atoms with Crippen LogP contribution in [0.1, 0.15) is 99.3 Å². The molecule has 0 aromatic carbocycles. The zero-order valence-corrected chi connectivity index (χ0v) is 34.0. The van der Waals surface area contributed by atoms with Crippen LogP contribution in [0.2, 0.25) is 0 Å². The number of carbonyl (C=O) groups excluding carboxylic acids is 2. The van der Waals surface area contributed by atoms with Crippen molar-refractivity contribution in [3.8, 4) is 0 Å². The lowest BCUT2D eigenvalue weighted by Gasteiger charge is -2.72. The smallest absolute Gasteiger partial charge is 0.335 e. The van der Waals surface area contributed by atoms with Gasteiger partial charge in [-0.2, -0.15) is 0 Å². The molecule has 8 rings (SSSR count). The molecule has 0 radical (unpaired) electrons. The lowest BCUT2D eigenvalue weighted by Crippen LogP contribution is -2.68. The lowest BCUT2D eigenvalue weighted by molar-refractivity contribution is -0.371. The van der Waals surface area contributed by atoms with Crippen LogP contribution in [0.4, 0.5) is 0 Å². The van der Waals surface area contributed by atoms with Gasteiger partial charge in [0, 0.05) is 17.3 Å². The van der Waals surface area contributed by atoms with Gasteiger partial charge >= 0.3 is 17.9 Å².